The first-order valence-corrected chi connectivity index (χ1v) is 16.5. The van der Waals surface area contributed by atoms with Crippen LogP contribution in [0.4, 0.5) is 4.79 Å². The zero-order valence-corrected chi connectivity index (χ0v) is 29.1. The number of ether oxygens (including phenoxy) is 4. The number of benzene rings is 1. The third-order valence-electron chi connectivity index (χ3n) is 9.15. The van der Waals surface area contributed by atoms with Gasteiger partial charge in [-0.15, -0.1) is 0 Å². The second-order valence-electron chi connectivity index (χ2n) is 13.5. The summed E-state index contributed by atoms with van der Waals surface area (Å²) in [4.78, 5) is 23.7. The summed E-state index contributed by atoms with van der Waals surface area (Å²) in [6.07, 6.45) is -1.08. The lowest BCUT2D eigenvalue weighted by Gasteiger charge is -2.36. The van der Waals surface area contributed by atoms with Crippen LogP contribution in [0.2, 0.25) is 0 Å². The molecule has 11 nitrogen and oxygen atoms in total. The number of amides is 1. The van der Waals surface area contributed by atoms with Crippen LogP contribution >= 0.6 is 0 Å². The number of hydrogen-bond donors (Lipinski definition) is 5. The Morgan fingerprint density at radius 3 is 2.23 bits per heavy atom. The normalized spacial score (nSPS) is 26.4. The number of nitrogens with two attached hydrogens (primary N) is 1. The third-order valence-corrected chi connectivity index (χ3v) is 9.15. The summed E-state index contributed by atoms with van der Waals surface area (Å²) >= 11 is 0. The first-order valence-electron chi connectivity index (χ1n) is 16.5. The number of aliphatic hydroxyl groups is 4. The monoisotopic (exact) mass is 663 g/mol. The standard InChI is InChI=1S/C36H57NO10/c1-20(16-22(3)30(39)21(2)14-15-29(38)45-35-27(8)32(41)26(7)34(42)47-35)17-23(4)31(40)25(6)33(46-36(37)43)24(5)18-44-19-28-12-10-9-11-13-28/h9-16,21-27,29-33,35,38-41H,17-19H2,1-8H3,(H2,37,43)/b15-14-,20-16-/t21-,22-,23?,24-,25?,26+,27?,29?,30-,31?,32?,33?,35+/m0/s1. The summed E-state index contributed by atoms with van der Waals surface area (Å²) < 4.78 is 22.0. The quantitative estimate of drug-likeness (QED) is 0.0864. The van der Waals surface area contributed by atoms with E-state index in [9.17, 15) is 30.0 Å². The maximum Gasteiger partial charge on any atom is 0.404 e. The van der Waals surface area contributed by atoms with Crippen LogP contribution in [-0.2, 0) is 30.3 Å². The number of esters is 1. The van der Waals surface area contributed by atoms with Gasteiger partial charge in [-0.1, -0.05) is 89.6 Å². The Morgan fingerprint density at radius 2 is 1.62 bits per heavy atom. The predicted molar refractivity (Wildman–Crippen MR) is 177 cm³/mol. The maximum atomic E-state index is 11.9. The number of aliphatic hydroxyl groups excluding tert-OH is 4. The molecule has 6 N–H and O–H groups in total. The van der Waals surface area contributed by atoms with Crippen molar-refractivity contribution in [1.82, 2.24) is 0 Å². The van der Waals surface area contributed by atoms with Gasteiger partial charge in [-0.05, 0) is 37.8 Å². The van der Waals surface area contributed by atoms with Crippen LogP contribution in [0.3, 0.4) is 0 Å². The molecule has 0 spiro atoms. The van der Waals surface area contributed by atoms with Gasteiger partial charge >= 0.3 is 12.1 Å². The number of carbonyl (C=O) groups is 2. The van der Waals surface area contributed by atoms with Gasteiger partial charge in [0.2, 0.25) is 6.29 Å². The first-order chi connectivity index (χ1) is 22.0. The molecule has 0 bridgehead atoms. The molecule has 1 heterocycles. The predicted octanol–water partition coefficient (Wildman–Crippen LogP) is 4.31. The summed E-state index contributed by atoms with van der Waals surface area (Å²) in [6, 6.07) is 9.75. The highest BCUT2D eigenvalue weighted by Gasteiger charge is 2.42. The van der Waals surface area contributed by atoms with Crippen molar-refractivity contribution >= 4 is 12.1 Å². The molecule has 1 aromatic rings. The minimum absolute atomic E-state index is 0.190. The summed E-state index contributed by atoms with van der Waals surface area (Å²) in [5.74, 6) is -3.22. The fraction of sp³-hybridized carbons (Fsp3) is 0.667. The summed E-state index contributed by atoms with van der Waals surface area (Å²) in [7, 11) is 0. The highest BCUT2D eigenvalue weighted by atomic mass is 16.7. The van der Waals surface area contributed by atoms with Gasteiger partial charge in [-0.3, -0.25) is 4.79 Å². The zero-order chi connectivity index (χ0) is 35.4. The maximum absolute atomic E-state index is 11.9. The minimum atomic E-state index is -1.40. The molecule has 0 aliphatic carbocycles. The van der Waals surface area contributed by atoms with Crippen LogP contribution in [-0.4, -0.2) is 76.1 Å². The van der Waals surface area contributed by atoms with Gasteiger partial charge in [-0.2, -0.15) is 0 Å². The average Bonchev–Trinajstić information content (AvgIpc) is 3.03. The number of rotatable bonds is 18. The molecule has 266 valence electrons. The van der Waals surface area contributed by atoms with E-state index in [4.69, 9.17) is 24.7 Å². The van der Waals surface area contributed by atoms with Gasteiger partial charge in [0.05, 0.1) is 37.4 Å². The van der Waals surface area contributed by atoms with Gasteiger partial charge in [0.15, 0.2) is 6.29 Å². The number of carbonyl (C=O) groups excluding carboxylic acids is 2. The van der Waals surface area contributed by atoms with Crippen molar-refractivity contribution in [2.75, 3.05) is 6.61 Å². The fourth-order valence-electron chi connectivity index (χ4n) is 6.15. The second-order valence-corrected chi connectivity index (χ2v) is 13.5. The highest BCUT2D eigenvalue weighted by Crippen LogP contribution is 2.30. The van der Waals surface area contributed by atoms with Crippen molar-refractivity contribution in [3.8, 4) is 0 Å². The van der Waals surface area contributed by atoms with Crippen LogP contribution in [0.5, 0.6) is 0 Å². The van der Waals surface area contributed by atoms with Crippen LogP contribution in [0.25, 0.3) is 0 Å². The molecular formula is C36H57NO10. The lowest BCUT2D eigenvalue weighted by atomic mass is 9.81. The Morgan fingerprint density at radius 1 is 0.979 bits per heavy atom. The molecule has 2 rings (SSSR count). The van der Waals surface area contributed by atoms with Gasteiger partial charge < -0.3 is 45.1 Å². The average molecular weight is 664 g/mol. The molecular weight excluding hydrogens is 606 g/mol. The van der Waals surface area contributed by atoms with E-state index < -0.39 is 66.8 Å². The van der Waals surface area contributed by atoms with Crippen LogP contribution in [0.15, 0.2) is 54.1 Å². The summed E-state index contributed by atoms with van der Waals surface area (Å²) in [6.45, 7) is 15.3. The van der Waals surface area contributed by atoms with Gasteiger partial charge in [0, 0.05) is 29.6 Å². The van der Waals surface area contributed by atoms with E-state index in [2.05, 4.69) is 0 Å². The summed E-state index contributed by atoms with van der Waals surface area (Å²) in [5, 5.41) is 42.8. The number of primary amides is 1. The van der Waals surface area contributed by atoms with Gasteiger partial charge in [0.1, 0.15) is 6.10 Å². The van der Waals surface area contributed by atoms with Crippen molar-refractivity contribution < 1.29 is 49.0 Å². The highest BCUT2D eigenvalue weighted by molar-refractivity contribution is 5.73. The Balaban J connectivity index is 1.92. The lowest BCUT2D eigenvalue weighted by molar-refractivity contribution is -0.258. The zero-order valence-electron chi connectivity index (χ0n) is 29.1. The Labute approximate surface area is 279 Å². The summed E-state index contributed by atoms with van der Waals surface area (Å²) in [5.41, 5.74) is 7.39. The van der Waals surface area contributed by atoms with Crippen molar-refractivity contribution in [3.05, 3.63) is 59.7 Å². The van der Waals surface area contributed by atoms with Crippen LogP contribution in [0, 0.1) is 41.4 Å². The van der Waals surface area contributed by atoms with E-state index in [0.29, 0.717) is 19.6 Å². The van der Waals surface area contributed by atoms with Crippen molar-refractivity contribution in [2.24, 2.45) is 47.2 Å². The molecule has 47 heavy (non-hydrogen) atoms. The SMILES string of the molecule is C/C(=C/[C@H](C)[C@@H](O)[C@@H](C)/C=C\C(O)O[C@@H]1OC(=O)[C@H](C)C(O)C1C)CC(C)C(O)C(C)C(OC(N)=O)[C@@H](C)COCc1ccccc1. The lowest BCUT2D eigenvalue weighted by Crippen LogP contribution is -2.48. The topological polar surface area (TPSA) is 178 Å². The first kappa shape index (κ1) is 40.4. The van der Waals surface area contributed by atoms with E-state index in [1.807, 2.05) is 71.0 Å². The fourth-order valence-corrected chi connectivity index (χ4v) is 6.15. The Bertz CT molecular complexity index is 1160. The van der Waals surface area contributed by atoms with E-state index in [1.54, 1.807) is 26.8 Å². The van der Waals surface area contributed by atoms with Gasteiger partial charge in [0.25, 0.3) is 0 Å². The van der Waals surface area contributed by atoms with E-state index >= 15 is 0 Å². The largest absolute Gasteiger partial charge is 0.446 e. The van der Waals surface area contributed by atoms with Crippen molar-refractivity contribution in [3.63, 3.8) is 0 Å². The van der Waals surface area contributed by atoms with Gasteiger partial charge in [-0.25, -0.2) is 4.79 Å². The molecule has 1 aliphatic rings. The van der Waals surface area contributed by atoms with Crippen LogP contribution in [0.1, 0.15) is 67.4 Å². The second kappa shape index (κ2) is 19.3. The van der Waals surface area contributed by atoms with E-state index in [0.717, 1.165) is 11.1 Å². The van der Waals surface area contributed by atoms with E-state index in [-0.39, 0.29) is 23.7 Å². The van der Waals surface area contributed by atoms with E-state index in [1.165, 1.54) is 6.08 Å². The minimum Gasteiger partial charge on any atom is -0.446 e. The van der Waals surface area contributed by atoms with Crippen molar-refractivity contribution in [2.45, 2.75) is 105 Å². The molecule has 1 aromatic carbocycles. The third kappa shape index (κ3) is 12.6. The Hall–Kier alpha value is -2.80. The Kier molecular flexibility index (Phi) is 16.5. The van der Waals surface area contributed by atoms with Crippen LogP contribution < -0.4 is 5.73 Å². The molecule has 1 fully saturated rings. The molecule has 13 atom stereocenters. The molecule has 7 unspecified atom stereocenters. The smallest absolute Gasteiger partial charge is 0.404 e. The molecule has 0 aromatic heterocycles. The molecule has 11 heteroatoms. The molecule has 1 amide bonds. The molecule has 1 aliphatic heterocycles. The number of hydrogen-bond acceptors (Lipinski definition) is 10. The molecule has 0 saturated carbocycles. The molecule has 0 radical (unpaired) electrons. The number of cyclic esters (lactones) is 1. The molecule has 1 saturated heterocycles. The number of allylic oxidation sites excluding steroid dienone is 1. The van der Waals surface area contributed by atoms with Crippen molar-refractivity contribution in [1.29, 1.82) is 0 Å².